The second-order valence-corrected chi connectivity index (χ2v) is 8.54. The number of aromatic nitrogens is 2. The van der Waals surface area contributed by atoms with Crippen molar-refractivity contribution in [2.45, 2.75) is 18.0 Å². The van der Waals surface area contributed by atoms with Crippen molar-refractivity contribution in [1.82, 2.24) is 15.2 Å². The molecule has 6 N–H and O–H groups in total. The summed E-state index contributed by atoms with van der Waals surface area (Å²) in [6.45, 7) is 0.180. The Bertz CT molecular complexity index is 1270. The van der Waals surface area contributed by atoms with Gasteiger partial charge in [-0.25, -0.2) is 9.36 Å². The highest BCUT2D eigenvalue weighted by molar-refractivity contribution is 8.00. The average Bonchev–Trinajstić information content (AvgIpc) is 3.26. The van der Waals surface area contributed by atoms with Gasteiger partial charge >= 0.3 is 5.97 Å². The van der Waals surface area contributed by atoms with Crippen molar-refractivity contribution in [2.75, 3.05) is 18.6 Å². The number of carboxylic acid groups (broad SMARTS) is 1. The topological polar surface area (TPSA) is 207 Å². The number of carboxylic acids is 1. The molecular formula is C20H20N7O7S+. The van der Waals surface area contributed by atoms with E-state index in [1.54, 1.807) is 17.0 Å². The number of primary amides is 1. The third-order valence-corrected chi connectivity index (χ3v) is 6.59. The van der Waals surface area contributed by atoms with Crippen molar-refractivity contribution >= 4 is 47.2 Å². The number of oxime groups is 1. The number of anilines is 1. The third-order valence-electron chi connectivity index (χ3n) is 5.25. The summed E-state index contributed by atoms with van der Waals surface area (Å²) in [4.78, 5) is 58.7. The zero-order valence-corrected chi connectivity index (χ0v) is 19.0. The number of nitrogens with two attached hydrogens (primary N) is 2. The maximum Gasteiger partial charge on any atom is 0.352 e. The van der Waals surface area contributed by atoms with Gasteiger partial charge in [-0.2, -0.15) is 4.98 Å². The van der Waals surface area contributed by atoms with Crippen LogP contribution < -0.4 is 21.4 Å². The normalized spacial score (nSPS) is 19.6. The van der Waals surface area contributed by atoms with Gasteiger partial charge in [-0.1, -0.05) is 5.16 Å². The minimum Gasteiger partial charge on any atom is -0.477 e. The van der Waals surface area contributed by atoms with Crippen LogP contribution in [0.2, 0.25) is 0 Å². The van der Waals surface area contributed by atoms with Gasteiger partial charge in [0.2, 0.25) is 5.91 Å². The maximum atomic E-state index is 12.9. The first-order valence-corrected chi connectivity index (χ1v) is 11.1. The van der Waals surface area contributed by atoms with Crippen LogP contribution in [0.4, 0.5) is 6.01 Å². The van der Waals surface area contributed by atoms with E-state index in [-0.39, 0.29) is 29.7 Å². The molecule has 1 fully saturated rings. The Morgan fingerprint density at radius 3 is 2.69 bits per heavy atom. The zero-order valence-electron chi connectivity index (χ0n) is 18.2. The molecule has 1 saturated heterocycles. The number of nitrogens with one attached hydrogen (secondary N) is 1. The summed E-state index contributed by atoms with van der Waals surface area (Å²) >= 11 is 1.30. The minimum atomic E-state index is -1.27. The predicted octanol–water partition coefficient (Wildman–Crippen LogP) is -1.57. The second kappa shape index (κ2) is 9.46. The van der Waals surface area contributed by atoms with Crippen molar-refractivity contribution in [2.24, 2.45) is 10.9 Å². The fourth-order valence-electron chi connectivity index (χ4n) is 3.65. The van der Waals surface area contributed by atoms with Crippen LogP contribution in [0.15, 0.2) is 51.6 Å². The summed E-state index contributed by atoms with van der Waals surface area (Å²) in [6.07, 6.45) is 4.30. The van der Waals surface area contributed by atoms with E-state index >= 15 is 0 Å². The molecule has 4 heterocycles. The molecule has 0 aromatic carbocycles. The molecule has 15 heteroatoms. The number of oxazole rings is 1. The molecule has 4 rings (SSSR count). The Kier molecular flexibility index (Phi) is 6.42. The lowest BCUT2D eigenvalue weighted by Gasteiger charge is -2.49. The van der Waals surface area contributed by atoms with Crippen LogP contribution in [0, 0.1) is 0 Å². The lowest BCUT2D eigenvalue weighted by atomic mass is 10.0. The Morgan fingerprint density at radius 1 is 1.40 bits per heavy atom. The van der Waals surface area contributed by atoms with Gasteiger partial charge in [-0.05, 0) is 0 Å². The van der Waals surface area contributed by atoms with Gasteiger partial charge in [0.25, 0.3) is 17.8 Å². The van der Waals surface area contributed by atoms with E-state index in [1.165, 1.54) is 31.0 Å². The van der Waals surface area contributed by atoms with Gasteiger partial charge in [0.1, 0.15) is 36.2 Å². The van der Waals surface area contributed by atoms with Gasteiger partial charge in [0, 0.05) is 23.5 Å². The summed E-state index contributed by atoms with van der Waals surface area (Å²) in [5.74, 6) is -2.90. The van der Waals surface area contributed by atoms with Crippen LogP contribution in [0.1, 0.15) is 16.1 Å². The van der Waals surface area contributed by atoms with E-state index in [9.17, 15) is 24.3 Å². The summed E-state index contributed by atoms with van der Waals surface area (Å²) in [7, 11) is 1.23. The maximum absolute atomic E-state index is 12.9. The van der Waals surface area contributed by atoms with Gasteiger partial charge in [0.05, 0.1) is 5.56 Å². The average molecular weight is 502 g/mol. The standard InChI is InChI=1S/C20H19N7O7S/c1-33-25-12(11-7-34-20(22)23-11)16(29)24-13-17(30)27-14(19(31)32)10(8-35-18(13)27)6-26-4-2-9(3-5-26)15(21)28/h2-5,7,13,18H,6,8H2,1H3,(H5-,21,22,23,24,28,29,31,32)/p+1/b25-12-/t13-,18-/m1/s1. The fourth-order valence-corrected chi connectivity index (χ4v) is 4.99. The predicted molar refractivity (Wildman–Crippen MR) is 119 cm³/mol. The smallest absolute Gasteiger partial charge is 0.352 e. The molecule has 14 nitrogen and oxygen atoms in total. The zero-order chi connectivity index (χ0) is 25.3. The molecule has 0 aliphatic carbocycles. The quantitative estimate of drug-likeness (QED) is 0.141. The summed E-state index contributed by atoms with van der Waals surface area (Å²) < 4.78 is 6.56. The molecule has 0 spiro atoms. The molecule has 0 radical (unpaired) electrons. The molecule has 182 valence electrons. The van der Waals surface area contributed by atoms with Gasteiger partial charge in [-0.15, -0.1) is 11.8 Å². The number of pyridine rings is 1. The summed E-state index contributed by atoms with van der Waals surface area (Å²) in [5.41, 5.74) is 11.1. The molecule has 2 aromatic heterocycles. The molecule has 2 atom stereocenters. The number of β-lactam (4-membered cyclic amide) rings is 1. The lowest BCUT2D eigenvalue weighted by molar-refractivity contribution is -0.689. The molecule has 2 aliphatic rings. The van der Waals surface area contributed by atoms with E-state index in [0.717, 1.165) is 11.2 Å². The van der Waals surface area contributed by atoms with E-state index in [4.69, 9.17) is 15.9 Å². The first kappa shape index (κ1) is 23.7. The minimum absolute atomic E-state index is 0.00885. The van der Waals surface area contributed by atoms with Crippen LogP contribution in [-0.4, -0.2) is 68.7 Å². The number of rotatable bonds is 8. The number of carbonyl (C=O) groups is 4. The van der Waals surface area contributed by atoms with Crippen molar-refractivity contribution in [3.63, 3.8) is 0 Å². The Balaban J connectivity index is 1.52. The number of amides is 3. The van der Waals surface area contributed by atoms with E-state index < -0.39 is 35.1 Å². The van der Waals surface area contributed by atoms with Gasteiger partial charge in [-0.3, -0.25) is 19.3 Å². The molecule has 2 aromatic rings. The Hall–Kier alpha value is -4.40. The molecule has 0 bridgehead atoms. The Morgan fingerprint density at radius 2 is 2.11 bits per heavy atom. The highest BCUT2D eigenvalue weighted by atomic mass is 32.2. The molecule has 0 saturated carbocycles. The van der Waals surface area contributed by atoms with Crippen LogP contribution in [0.5, 0.6) is 0 Å². The van der Waals surface area contributed by atoms with E-state index in [0.29, 0.717) is 16.9 Å². The number of nitrogens with zero attached hydrogens (tertiary/aromatic N) is 4. The largest absolute Gasteiger partial charge is 0.477 e. The number of aliphatic carboxylic acids is 1. The molecule has 0 unspecified atom stereocenters. The van der Waals surface area contributed by atoms with Crippen molar-refractivity contribution < 1.29 is 38.1 Å². The number of fused-ring (bicyclic) bond motifs is 1. The number of nitrogen functional groups attached to an aromatic ring is 1. The highest BCUT2D eigenvalue weighted by Crippen LogP contribution is 2.40. The molecule has 2 aliphatic heterocycles. The molecular weight excluding hydrogens is 482 g/mol. The van der Waals surface area contributed by atoms with Crippen molar-refractivity contribution in [3.8, 4) is 0 Å². The van der Waals surface area contributed by atoms with Gasteiger partial charge in [0.15, 0.2) is 24.7 Å². The number of carbonyl (C=O) groups excluding carboxylic acids is 3. The van der Waals surface area contributed by atoms with Crippen LogP contribution in [0.3, 0.4) is 0 Å². The third kappa shape index (κ3) is 4.52. The SMILES string of the molecule is CO/N=C(\C(=O)N[C@@H]1C(=O)N2C(C(=O)O)=C(C[n+]3ccc(C(N)=O)cc3)CS[C@H]12)c1coc(N)n1. The summed E-state index contributed by atoms with van der Waals surface area (Å²) in [6, 6.07) is 1.86. The number of thioether (sulfide) groups is 1. The highest BCUT2D eigenvalue weighted by Gasteiger charge is 2.54. The fraction of sp³-hybridized carbons (Fsp3) is 0.250. The first-order valence-electron chi connectivity index (χ1n) is 10.0. The number of hydrogen-bond donors (Lipinski definition) is 4. The summed E-state index contributed by atoms with van der Waals surface area (Å²) in [5, 5.41) is 15.4. The van der Waals surface area contributed by atoms with Crippen LogP contribution in [0.25, 0.3) is 0 Å². The van der Waals surface area contributed by atoms with Crippen LogP contribution in [-0.2, 0) is 25.8 Å². The number of hydrogen-bond acceptors (Lipinski definition) is 10. The molecule has 3 amide bonds. The van der Waals surface area contributed by atoms with E-state index in [1.807, 2.05) is 0 Å². The van der Waals surface area contributed by atoms with Crippen molar-refractivity contribution in [1.29, 1.82) is 0 Å². The molecule has 35 heavy (non-hydrogen) atoms. The Labute approximate surface area is 201 Å². The van der Waals surface area contributed by atoms with Gasteiger partial charge < -0.3 is 31.1 Å². The second-order valence-electron chi connectivity index (χ2n) is 7.44. The first-order chi connectivity index (χ1) is 16.7. The lowest BCUT2D eigenvalue weighted by Crippen LogP contribution is -2.71. The van der Waals surface area contributed by atoms with Crippen molar-refractivity contribution in [3.05, 3.63) is 53.3 Å². The van der Waals surface area contributed by atoms with E-state index in [2.05, 4.69) is 20.3 Å². The van der Waals surface area contributed by atoms with Crippen LogP contribution >= 0.6 is 11.8 Å². The monoisotopic (exact) mass is 502 g/mol.